The Morgan fingerprint density at radius 2 is 2.00 bits per heavy atom. The van der Waals surface area contributed by atoms with Crippen molar-refractivity contribution in [1.82, 2.24) is 19.3 Å². The number of carbonyl (C=O) groups excluding carboxylic acids is 1. The van der Waals surface area contributed by atoms with Crippen LogP contribution in [0.4, 0.5) is 5.69 Å². The molecule has 142 valence electrons. The number of nitrogens with one attached hydrogen (secondary N) is 1. The van der Waals surface area contributed by atoms with Gasteiger partial charge in [-0.25, -0.2) is 4.98 Å². The van der Waals surface area contributed by atoms with E-state index in [2.05, 4.69) is 15.4 Å². The van der Waals surface area contributed by atoms with Crippen LogP contribution in [0.15, 0.2) is 34.2 Å². The van der Waals surface area contributed by atoms with Crippen LogP contribution >= 0.6 is 23.4 Å². The molecule has 3 aromatic rings. The lowest BCUT2D eigenvalue weighted by molar-refractivity contribution is -0.113. The number of fused-ring (bicyclic) bond motifs is 1. The van der Waals surface area contributed by atoms with Crippen molar-refractivity contribution in [3.8, 4) is 0 Å². The first-order valence-electron chi connectivity index (χ1n) is 8.61. The van der Waals surface area contributed by atoms with Crippen LogP contribution in [-0.2, 0) is 17.9 Å². The Morgan fingerprint density at radius 3 is 2.67 bits per heavy atom. The van der Waals surface area contributed by atoms with Crippen LogP contribution in [-0.4, -0.2) is 31.0 Å². The fourth-order valence-corrected chi connectivity index (χ4v) is 3.82. The first kappa shape index (κ1) is 19.4. The van der Waals surface area contributed by atoms with Crippen LogP contribution in [0.25, 0.3) is 11.0 Å². The van der Waals surface area contributed by atoms with E-state index in [9.17, 15) is 9.59 Å². The van der Waals surface area contributed by atoms with E-state index in [0.29, 0.717) is 45.7 Å². The maximum Gasteiger partial charge on any atom is 0.280 e. The number of amides is 1. The number of para-hydroxylation sites is 1. The number of rotatable bonds is 6. The summed E-state index contributed by atoms with van der Waals surface area (Å²) in [4.78, 5) is 29.8. The highest BCUT2D eigenvalue weighted by molar-refractivity contribution is 7.99. The smallest absolute Gasteiger partial charge is 0.280 e. The van der Waals surface area contributed by atoms with Gasteiger partial charge in [0.25, 0.3) is 5.56 Å². The fourth-order valence-electron chi connectivity index (χ4n) is 2.79. The van der Waals surface area contributed by atoms with Gasteiger partial charge in [-0.05, 0) is 32.9 Å². The minimum Gasteiger partial charge on any atom is -0.324 e. The second kappa shape index (κ2) is 8.14. The molecule has 9 heteroatoms. The van der Waals surface area contributed by atoms with Crippen molar-refractivity contribution < 1.29 is 4.79 Å². The monoisotopic (exact) mass is 405 g/mol. The zero-order valence-electron chi connectivity index (χ0n) is 15.3. The number of thioether (sulfide) groups is 1. The Morgan fingerprint density at radius 1 is 1.26 bits per heavy atom. The van der Waals surface area contributed by atoms with E-state index in [1.165, 1.54) is 11.8 Å². The van der Waals surface area contributed by atoms with Crippen LogP contribution in [0, 0.1) is 6.92 Å². The van der Waals surface area contributed by atoms with Crippen LogP contribution < -0.4 is 10.9 Å². The van der Waals surface area contributed by atoms with Gasteiger partial charge < -0.3 is 5.32 Å². The zero-order valence-corrected chi connectivity index (χ0v) is 16.9. The molecular weight excluding hydrogens is 386 g/mol. The summed E-state index contributed by atoms with van der Waals surface area (Å²) in [6.45, 7) is 6.70. The molecule has 0 saturated heterocycles. The van der Waals surface area contributed by atoms with Crippen LogP contribution in [0.1, 0.15) is 19.5 Å². The van der Waals surface area contributed by atoms with E-state index < -0.39 is 0 Å². The molecule has 1 amide bonds. The molecule has 0 saturated carbocycles. The zero-order chi connectivity index (χ0) is 19.6. The number of halogens is 1. The summed E-state index contributed by atoms with van der Waals surface area (Å²) >= 11 is 7.28. The molecule has 1 aromatic carbocycles. The minimum atomic E-state index is -0.217. The lowest BCUT2D eigenvalue weighted by Gasteiger charge is -2.11. The molecule has 1 N–H and O–H groups in total. The molecule has 0 atom stereocenters. The molecular formula is C18H20ClN5O2S. The van der Waals surface area contributed by atoms with Crippen molar-refractivity contribution in [2.24, 2.45) is 0 Å². The average molecular weight is 406 g/mol. The summed E-state index contributed by atoms with van der Waals surface area (Å²) in [5, 5.41) is 8.13. The summed E-state index contributed by atoms with van der Waals surface area (Å²) in [6.07, 6.45) is 0. The van der Waals surface area contributed by atoms with Crippen molar-refractivity contribution in [3.05, 3.63) is 45.3 Å². The van der Waals surface area contributed by atoms with Crippen molar-refractivity contribution in [2.75, 3.05) is 11.1 Å². The van der Waals surface area contributed by atoms with Crippen molar-refractivity contribution in [2.45, 2.75) is 39.0 Å². The minimum absolute atomic E-state index is 0.115. The molecule has 2 aromatic heterocycles. The predicted octanol–water partition coefficient (Wildman–Crippen LogP) is 3.33. The van der Waals surface area contributed by atoms with Gasteiger partial charge >= 0.3 is 0 Å². The molecule has 0 bridgehead atoms. The number of hydrogen-bond donors (Lipinski definition) is 1. The van der Waals surface area contributed by atoms with Gasteiger partial charge in [-0.1, -0.05) is 35.5 Å². The molecule has 27 heavy (non-hydrogen) atoms. The van der Waals surface area contributed by atoms with Crippen LogP contribution in [0.2, 0.25) is 5.02 Å². The highest BCUT2D eigenvalue weighted by Gasteiger charge is 2.18. The highest BCUT2D eigenvalue weighted by atomic mass is 35.5. The predicted molar refractivity (Wildman–Crippen MR) is 109 cm³/mol. The average Bonchev–Trinajstić information content (AvgIpc) is 2.98. The van der Waals surface area contributed by atoms with Crippen LogP contribution in [0.3, 0.4) is 0 Å². The van der Waals surface area contributed by atoms with Gasteiger partial charge in [-0.3, -0.25) is 18.8 Å². The number of nitrogens with zero attached hydrogens (tertiary/aromatic N) is 4. The summed E-state index contributed by atoms with van der Waals surface area (Å²) in [5.74, 6) is -0.101. The second-order valence-corrected chi connectivity index (χ2v) is 7.21. The third-order valence-corrected chi connectivity index (χ3v) is 5.38. The first-order valence-corrected chi connectivity index (χ1v) is 9.97. The summed E-state index contributed by atoms with van der Waals surface area (Å²) in [7, 11) is 0. The van der Waals surface area contributed by atoms with Gasteiger partial charge in [0.1, 0.15) is 5.52 Å². The molecule has 0 aliphatic carbocycles. The largest absolute Gasteiger partial charge is 0.324 e. The summed E-state index contributed by atoms with van der Waals surface area (Å²) in [6, 6.07) is 7.04. The molecule has 0 aliphatic heterocycles. The molecule has 2 heterocycles. The Balaban J connectivity index is 1.86. The molecule has 0 fully saturated rings. The number of aryl methyl sites for hydroxylation is 2. The fraction of sp³-hybridized carbons (Fsp3) is 0.333. The van der Waals surface area contributed by atoms with E-state index in [1.54, 1.807) is 33.5 Å². The maximum atomic E-state index is 12.9. The van der Waals surface area contributed by atoms with E-state index in [4.69, 9.17) is 11.6 Å². The number of benzene rings is 1. The summed E-state index contributed by atoms with van der Waals surface area (Å²) in [5.41, 5.74) is 2.21. The van der Waals surface area contributed by atoms with Crippen molar-refractivity contribution >= 4 is 46.0 Å². The van der Waals surface area contributed by atoms with Gasteiger partial charge in [0.05, 0.1) is 22.2 Å². The topological polar surface area (TPSA) is 81.8 Å². The van der Waals surface area contributed by atoms with Crippen molar-refractivity contribution in [1.29, 1.82) is 0 Å². The highest BCUT2D eigenvalue weighted by Crippen LogP contribution is 2.23. The Hall–Kier alpha value is -2.32. The quantitative estimate of drug-likeness (QED) is 0.502. The van der Waals surface area contributed by atoms with E-state index in [-0.39, 0.29) is 17.2 Å². The maximum absolute atomic E-state index is 12.9. The lowest BCUT2D eigenvalue weighted by atomic mass is 10.3. The standard InChI is InChI=1S/C18H20ClN5O2S/c1-4-23-17(26)16-15(11(3)22-24(16)5-2)21-18(23)27-10-14(25)20-13-9-7-6-8-12(13)19/h6-9H,4-5,10H2,1-3H3,(H,20,25). The molecule has 3 rings (SSSR count). The molecule has 0 spiro atoms. The van der Waals surface area contributed by atoms with Crippen molar-refractivity contribution in [3.63, 3.8) is 0 Å². The third kappa shape index (κ3) is 3.86. The van der Waals surface area contributed by atoms with Gasteiger partial charge in [-0.2, -0.15) is 5.10 Å². The number of carbonyl (C=O) groups is 1. The normalized spacial score (nSPS) is 11.1. The SMILES string of the molecule is CCn1c(SCC(=O)Nc2ccccc2Cl)nc2c(C)nn(CC)c2c1=O. The van der Waals surface area contributed by atoms with E-state index in [1.807, 2.05) is 20.8 Å². The molecule has 0 radical (unpaired) electrons. The number of anilines is 1. The molecule has 7 nitrogen and oxygen atoms in total. The van der Waals surface area contributed by atoms with Crippen LogP contribution in [0.5, 0.6) is 0 Å². The number of aromatic nitrogens is 4. The Labute approximate surface area is 165 Å². The second-order valence-electron chi connectivity index (χ2n) is 5.86. The van der Waals surface area contributed by atoms with Gasteiger partial charge in [-0.15, -0.1) is 0 Å². The van der Waals surface area contributed by atoms with E-state index in [0.717, 1.165) is 0 Å². The summed E-state index contributed by atoms with van der Waals surface area (Å²) < 4.78 is 3.24. The first-order chi connectivity index (χ1) is 13.0. The Bertz CT molecular complexity index is 1060. The molecule has 0 aliphatic rings. The van der Waals surface area contributed by atoms with Gasteiger partial charge in [0.15, 0.2) is 10.7 Å². The molecule has 0 unspecified atom stereocenters. The lowest BCUT2D eigenvalue weighted by Crippen LogP contribution is -2.25. The Kier molecular flexibility index (Phi) is 5.86. The van der Waals surface area contributed by atoms with E-state index >= 15 is 0 Å². The van der Waals surface area contributed by atoms with Gasteiger partial charge in [0, 0.05) is 13.1 Å². The third-order valence-electron chi connectivity index (χ3n) is 4.08. The number of hydrogen-bond acceptors (Lipinski definition) is 5. The van der Waals surface area contributed by atoms with Gasteiger partial charge in [0.2, 0.25) is 5.91 Å².